The van der Waals surface area contributed by atoms with Crippen molar-refractivity contribution in [2.75, 3.05) is 11.6 Å². The molecule has 0 saturated carbocycles. The van der Waals surface area contributed by atoms with Crippen LogP contribution < -0.4 is 5.32 Å². The number of nitrogens with one attached hydrogen (secondary N) is 1. The Bertz CT molecular complexity index is 578. The van der Waals surface area contributed by atoms with Crippen LogP contribution in [0.1, 0.15) is 33.6 Å². The van der Waals surface area contributed by atoms with E-state index in [2.05, 4.69) is 35.3 Å². The Morgan fingerprint density at radius 3 is 2.32 bits per heavy atom. The summed E-state index contributed by atoms with van der Waals surface area (Å²) in [5.41, 5.74) is 0.784. The van der Waals surface area contributed by atoms with Gasteiger partial charge in [0, 0.05) is 5.69 Å². The molecule has 1 atom stereocenters. The second-order valence-electron chi connectivity index (χ2n) is 6.34. The van der Waals surface area contributed by atoms with Crippen LogP contribution in [0.25, 0.3) is 0 Å². The molecular weight excluding hydrogens is 306 g/mol. The van der Waals surface area contributed by atoms with Crippen molar-refractivity contribution in [1.82, 2.24) is 0 Å². The minimum Gasteiger partial charge on any atom is -0.372 e. The number of hydrogen-bond donors (Lipinski definition) is 1. The van der Waals surface area contributed by atoms with Gasteiger partial charge < -0.3 is 5.32 Å². The topological polar surface area (TPSA) is 81.7 Å². The van der Waals surface area contributed by atoms with Crippen LogP contribution in [0.2, 0.25) is 0 Å². The van der Waals surface area contributed by atoms with Crippen molar-refractivity contribution >= 4 is 21.8 Å². The number of hydrogen-bond acceptors (Lipinski definition) is 6. The Labute approximate surface area is 131 Å². The first kappa shape index (κ1) is 18.4. The van der Waals surface area contributed by atoms with E-state index in [1.807, 2.05) is 30.3 Å². The summed E-state index contributed by atoms with van der Waals surface area (Å²) in [6.07, 6.45) is 2.06. The maximum Gasteiger partial charge on any atom is 0.365 e. The molecule has 0 bridgehead atoms. The largest absolute Gasteiger partial charge is 0.372 e. The normalized spacial score (nSPS) is 13.5. The molecule has 0 saturated heterocycles. The second-order valence-corrected chi connectivity index (χ2v) is 7.88. The Kier molecular flexibility index (Phi) is 6.37. The van der Waals surface area contributed by atoms with Crippen LogP contribution in [0, 0.1) is 5.41 Å². The number of carbonyl (C=O) groups excluding carboxylic acids is 1. The number of para-hydroxylation sites is 1. The van der Waals surface area contributed by atoms with Crippen LogP contribution in [0.15, 0.2) is 30.3 Å². The Hall–Kier alpha value is -1.60. The lowest BCUT2D eigenvalue weighted by Crippen LogP contribution is -2.33. The third-order valence-electron chi connectivity index (χ3n) is 2.82. The number of anilines is 1. The highest BCUT2D eigenvalue weighted by Gasteiger charge is 2.25. The van der Waals surface area contributed by atoms with Crippen molar-refractivity contribution in [2.24, 2.45) is 5.41 Å². The summed E-state index contributed by atoms with van der Waals surface area (Å²) < 4.78 is 26.0. The summed E-state index contributed by atoms with van der Waals surface area (Å²) in [4.78, 5) is 16.5. The molecule has 0 unspecified atom stereocenters. The summed E-state index contributed by atoms with van der Waals surface area (Å²) in [5, 5.41) is 3.04. The van der Waals surface area contributed by atoms with E-state index >= 15 is 0 Å². The van der Waals surface area contributed by atoms with Crippen LogP contribution in [0.5, 0.6) is 0 Å². The van der Waals surface area contributed by atoms with Gasteiger partial charge in [-0.1, -0.05) is 43.3 Å². The molecule has 0 aliphatic rings. The van der Waals surface area contributed by atoms with E-state index in [0.29, 0.717) is 6.42 Å². The lowest BCUT2D eigenvalue weighted by Gasteiger charge is -2.23. The lowest BCUT2D eigenvalue weighted by atomic mass is 9.88. The van der Waals surface area contributed by atoms with E-state index in [1.54, 1.807) is 0 Å². The summed E-state index contributed by atoms with van der Waals surface area (Å²) >= 11 is 0. The molecule has 7 heteroatoms. The van der Waals surface area contributed by atoms with Crippen molar-refractivity contribution in [3.05, 3.63) is 30.3 Å². The third-order valence-corrected chi connectivity index (χ3v) is 3.14. The van der Waals surface area contributed by atoms with Gasteiger partial charge in [-0.15, -0.1) is 0 Å². The molecule has 1 aromatic rings. The molecule has 0 spiro atoms. The SMILES string of the molecule is CC(C)(C)CC[C@H](Nc1ccccc1)C(=O)OOS(C)(=O)=O. The standard InChI is InChI=1S/C15H23NO5S/c1-15(2,3)11-10-13(14(17)20-21-22(4,18)19)16-12-8-6-5-7-9-12/h5-9,13,16H,10-11H2,1-4H3/t13-/m0/s1. The molecule has 1 aromatic carbocycles. The minimum absolute atomic E-state index is 0.0363. The van der Waals surface area contributed by atoms with Crippen LogP contribution in [0.3, 0.4) is 0 Å². The van der Waals surface area contributed by atoms with Crippen molar-refractivity contribution < 1.29 is 22.4 Å². The smallest absolute Gasteiger partial charge is 0.365 e. The summed E-state index contributed by atoms with van der Waals surface area (Å²) in [7, 11) is -3.84. The summed E-state index contributed by atoms with van der Waals surface area (Å²) in [6, 6.07) is 8.47. The van der Waals surface area contributed by atoms with Crippen LogP contribution >= 0.6 is 0 Å². The molecule has 6 nitrogen and oxygen atoms in total. The van der Waals surface area contributed by atoms with E-state index in [4.69, 9.17) is 0 Å². The molecule has 22 heavy (non-hydrogen) atoms. The Morgan fingerprint density at radius 2 is 1.82 bits per heavy atom. The van der Waals surface area contributed by atoms with Gasteiger partial charge in [-0.05, 0) is 30.4 Å². The highest BCUT2D eigenvalue weighted by atomic mass is 32.2. The Morgan fingerprint density at radius 1 is 1.23 bits per heavy atom. The zero-order valence-electron chi connectivity index (χ0n) is 13.3. The van der Waals surface area contributed by atoms with Gasteiger partial charge in [0.1, 0.15) is 6.04 Å². The van der Waals surface area contributed by atoms with Gasteiger partial charge >= 0.3 is 5.97 Å². The zero-order chi connectivity index (χ0) is 16.8. The zero-order valence-corrected chi connectivity index (χ0v) is 14.1. The second kappa shape index (κ2) is 7.60. The van der Waals surface area contributed by atoms with Crippen molar-refractivity contribution in [2.45, 2.75) is 39.7 Å². The fourth-order valence-electron chi connectivity index (χ4n) is 1.72. The molecule has 0 heterocycles. The van der Waals surface area contributed by atoms with Crippen molar-refractivity contribution in [3.8, 4) is 0 Å². The molecular formula is C15H23NO5S. The minimum atomic E-state index is -3.84. The average molecular weight is 329 g/mol. The highest BCUT2D eigenvalue weighted by Crippen LogP contribution is 2.23. The Balaban J connectivity index is 2.74. The maximum atomic E-state index is 12.0. The molecule has 1 rings (SSSR count). The molecule has 0 aliphatic heterocycles. The fourth-order valence-corrected chi connectivity index (χ4v) is 1.91. The highest BCUT2D eigenvalue weighted by molar-refractivity contribution is 7.85. The monoisotopic (exact) mass is 329 g/mol. The van der Waals surface area contributed by atoms with Gasteiger partial charge in [0.25, 0.3) is 10.1 Å². The van der Waals surface area contributed by atoms with E-state index in [0.717, 1.165) is 18.4 Å². The van der Waals surface area contributed by atoms with Crippen LogP contribution in [-0.2, 0) is 24.1 Å². The molecule has 0 fully saturated rings. The predicted molar refractivity (Wildman–Crippen MR) is 84.6 cm³/mol. The first-order valence-corrected chi connectivity index (χ1v) is 8.80. The van der Waals surface area contributed by atoms with Gasteiger partial charge in [0.15, 0.2) is 0 Å². The average Bonchev–Trinajstić information content (AvgIpc) is 2.40. The van der Waals surface area contributed by atoms with Gasteiger partial charge in [0.2, 0.25) is 0 Å². The van der Waals surface area contributed by atoms with Gasteiger partial charge in [0.05, 0.1) is 6.26 Å². The van der Waals surface area contributed by atoms with E-state index in [9.17, 15) is 13.2 Å². The maximum absolute atomic E-state index is 12.0. The quantitative estimate of drug-likeness (QED) is 0.612. The van der Waals surface area contributed by atoms with Crippen molar-refractivity contribution in [3.63, 3.8) is 0 Å². The van der Waals surface area contributed by atoms with Gasteiger partial charge in [-0.25, -0.2) is 4.79 Å². The van der Waals surface area contributed by atoms with Crippen LogP contribution in [-0.4, -0.2) is 26.7 Å². The molecule has 0 aliphatic carbocycles. The van der Waals surface area contributed by atoms with Gasteiger partial charge in [-0.2, -0.15) is 8.42 Å². The van der Waals surface area contributed by atoms with Gasteiger partial charge in [-0.3, -0.25) is 4.89 Å². The molecule has 0 aromatic heterocycles. The molecule has 1 N–H and O–H groups in total. The molecule has 0 radical (unpaired) electrons. The van der Waals surface area contributed by atoms with Crippen LogP contribution in [0.4, 0.5) is 5.69 Å². The lowest BCUT2D eigenvalue weighted by molar-refractivity contribution is -0.212. The molecule has 0 amide bonds. The summed E-state index contributed by atoms with van der Waals surface area (Å²) in [5.74, 6) is -0.765. The number of carbonyl (C=O) groups is 1. The summed E-state index contributed by atoms with van der Waals surface area (Å²) in [6.45, 7) is 6.18. The molecule has 124 valence electrons. The number of rotatable bonds is 7. The first-order valence-electron chi connectivity index (χ1n) is 6.98. The van der Waals surface area contributed by atoms with E-state index in [-0.39, 0.29) is 5.41 Å². The van der Waals surface area contributed by atoms with E-state index in [1.165, 1.54) is 0 Å². The predicted octanol–water partition coefficient (Wildman–Crippen LogP) is 2.73. The van der Waals surface area contributed by atoms with E-state index < -0.39 is 22.1 Å². The first-order chi connectivity index (χ1) is 10.1. The number of benzene rings is 1. The fraction of sp³-hybridized carbons (Fsp3) is 0.533. The van der Waals surface area contributed by atoms with Crippen molar-refractivity contribution in [1.29, 1.82) is 0 Å². The third kappa shape index (κ3) is 7.99.